The van der Waals surface area contributed by atoms with Crippen LogP contribution in [0.2, 0.25) is 0 Å². The zero-order chi connectivity index (χ0) is 21.5. The summed E-state index contributed by atoms with van der Waals surface area (Å²) in [6.45, 7) is 1.94. The zero-order valence-electron chi connectivity index (χ0n) is 16.7. The molecule has 0 saturated carbocycles. The molecule has 3 heterocycles. The van der Waals surface area contributed by atoms with Crippen molar-refractivity contribution >= 4 is 33.1 Å². The molecule has 156 valence electrons. The maximum absolute atomic E-state index is 12.5. The molecule has 0 amide bonds. The number of sulfonamides is 1. The van der Waals surface area contributed by atoms with Gasteiger partial charge in [-0.3, -0.25) is 9.10 Å². The van der Waals surface area contributed by atoms with E-state index >= 15 is 0 Å². The standard InChI is InChI=1S/C21H21N3O5S/c1-14-7-9-23-12-17(22-20(23)10-14)21(26)29-13-19(25)16-5-6-18-15(11-16)4-3-8-24(18)30(2,27)28/h5-7,9-12H,3-4,8,13H2,1-2H3. The first kappa shape index (κ1) is 20.1. The molecule has 0 radical (unpaired) electrons. The van der Waals surface area contributed by atoms with E-state index in [1.54, 1.807) is 35.0 Å². The molecule has 3 aromatic rings. The Labute approximate surface area is 174 Å². The third kappa shape index (κ3) is 3.93. The van der Waals surface area contributed by atoms with Crippen LogP contribution in [0.5, 0.6) is 0 Å². The molecule has 0 N–H and O–H groups in total. The number of imidazole rings is 1. The highest BCUT2D eigenvalue weighted by Gasteiger charge is 2.25. The predicted molar refractivity (Wildman–Crippen MR) is 111 cm³/mol. The molecule has 0 aliphatic carbocycles. The van der Waals surface area contributed by atoms with Crippen LogP contribution in [0.1, 0.15) is 38.4 Å². The number of Topliss-reactive ketones (excluding diaryl/α,β-unsaturated/α-hetero) is 1. The topological polar surface area (TPSA) is 98.0 Å². The minimum atomic E-state index is -3.37. The zero-order valence-corrected chi connectivity index (χ0v) is 17.5. The third-order valence-corrected chi connectivity index (χ3v) is 6.22. The van der Waals surface area contributed by atoms with Crippen molar-refractivity contribution in [1.82, 2.24) is 9.38 Å². The van der Waals surface area contributed by atoms with Crippen LogP contribution in [0.4, 0.5) is 5.69 Å². The summed E-state index contributed by atoms with van der Waals surface area (Å²) in [7, 11) is -3.37. The Morgan fingerprint density at radius 3 is 2.77 bits per heavy atom. The molecule has 9 heteroatoms. The number of hydrogen-bond acceptors (Lipinski definition) is 6. The van der Waals surface area contributed by atoms with Crippen molar-refractivity contribution in [1.29, 1.82) is 0 Å². The van der Waals surface area contributed by atoms with Crippen molar-refractivity contribution < 1.29 is 22.7 Å². The molecule has 2 aromatic heterocycles. The maximum Gasteiger partial charge on any atom is 0.359 e. The van der Waals surface area contributed by atoms with Crippen LogP contribution in [0, 0.1) is 6.92 Å². The molecule has 0 spiro atoms. The number of carbonyl (C=O) groups excluding carboxylic acids is 2. The number of anilines is 1. The minimum Gasteiger partial charge on any atom is -0.453 e. The molecule has 4 rings (SSSR count). The first-order chi connectivity index (χ1) is 14.2. The fraction of sp³-hybridized carbons (Fsp3) is 0.286. The second kappa shape index (κ2) is 7.56. The molecule has 1 aliphatic heterocycles. The highest BCUT2D eigenvalue weighted by Crippen LogP contribution is 2.30. The van der Waals surface area contributed by atoms with Gasteiger partial charge in [-0.15, -0.1) is 0 Å². The first-order valence-corrected chi connectivity index (χ1v) is 11.3. The van der Waals surface area contributed by atoms with E-state index in [1.165, 1.54) is 10.6 Å². The number of esters is 1. The van der Waals surface area contributed by atoms with Crippen LogP contribution >= 0.6 is 0 Å². The number of benzene rings is 1. The second-order valence-corrected chi connectivity index (χ2v) is 9.28. The highest BCUT2D eigenvalue weighted by atomic mass is 32.2. The molecule has 1 aromatic carbocycles. The number of carbonyl (C=O) groups is 2. The summed E-state index contributed by atoms with van der Waals surface area (Å²) in [5, 5.41) is 0. The lowest BCUT2D eigenvalue weighted by atomic mass is 9.99. The Morgan fingerprint density at radius 2 is 2.00 bits per heavy atom. The number of ether oxygens (including phenoxy) is 1. The van der Waals surface area contributed by atoms with Gasteiger partial charge in [0, 0.05) is 24.5 Å². The van der Waals surface area contributed by atoms with E-state index in [0.29, 0.717) is 36.3 Å². The molecule has 8 nitrogen and oxygen atoms in total. The third-order valence-electron chi connectivity index (χ3n) is 5.04. The van der Waals surface area contributed by atoms with Crippen molar-refractivity contribution in [3.8, 4) is 0 Å². The maximum atomic E-state index is 12.5. The van der Waals surface area contributed by atoms with Crippen molar-refractivity contribution in [2.75, 3.05) is 23.7 Å². The number of pyridine rings is 1. The SMILES string of the molecule is Cc1ccn2cc(C(=O)OCC(=O)c3ccc4c(c3)CCCN4S(C)(=O)=O)nc2c1. The van der Waals surface area contributed by atoms with E-state index in [4.69, 9.17) is 4.74 Å². The van der Waals surface area contributed by atoms with Crippen molar-refractivity contribution in [2.45, 2.75) is 19.8 Å². The fourth-order valence-corrected chi connectivity index (χ4v) is 4.55. The van der Waals surface area contributed by atoms with Crippen molar-refractivity contribution in [3.63, 3.8) is 0 Å². The summed E-state index contributed by atoms with van der Waals surface area (Å²) < 4.78 is 32.1. The Kier molecular flexibility index (Phi) is 5.07. The molecule has 30 heavy (non-hydrogen) atoms. The molecular formula is C21H21N3O5S. The molecule has 0 bridgehead atoms. The van der Waals surface area contributed by atoms with Gasteiger partial charge in [-0.25, -0.2) is 18.2 Å². The first-order valence-electron chi connectivity index (χ1n) is 9.49. The van der Waals surface area contributed by atoms with E-state index in [-0.39, 0.29) is 11.5 Å². The summed E-state index contributed by atoms with van der Waals surface area (Å²) in [5.41, 5.74) is 3.53. The monoisotopic (exact) mass is 427 g/mol. The number of aryl methyl sites for hydroxylation is 2. The van der Waals surface area contributed by atoms with Gasteiger partial charge in [-0.05, 0) is 61.2 Å². The van der Waals surface area contributed by atoms with Crippen LogP contribution < -0.4 is 4.31 Å². The summed E-state index contributed by atoms with van der Waals surface area (Å²) in [6, 6.07) is 8.61. The van der Waals surface area contributed by atoms with Gasteiger partial charge in [0.1, 0.15) is 5.65 Å². The average molecular weight is 427 g/mol. The summed E-state index contributed by atoms with van der Waals surface area (Å²) in [6.07, 6.45) is 5.89. The van der Waals surface area contributed by atoms with Gasteiger partial charge in [-0.1, -0.05) is 0 Å². The molecule has 1 aliphatic rings. The lowest BCUT2D eigenvalue weighted by Gasteiger charge is -2.29. The van der Waals surface area contributed by atoms with E-state index in [1.807, 2.05) is 19.1 Å². The number of rotatable bonds is 5. The summed E-state index contributed by atoms with van der Waals surface area (Å²) >= 11 is 0. The van der Waals surface area contributed by atoms with E-state index in [9.17, 15) is 18.0 Å². The lowest BCUT2D eigenvalue weighted by molar-refractivity contribution is 0.0469. The van der Waals surface area contributed by atoms with E-state index in [0.717, 1.165) is 11.1 Å². The van der Waals surface area contributed by atoms with Gasteiger partial charge in [0.05, 0.1) is 11.9 Å². The predicted octanol–water partition coefficient (Wildman–Crippen LogP) is 2.39. The van der Waals surface area contributed by atoms with Gasteiger partial charge >= 0.3 is 5.97 Å². The van der Waals surface area contributed by atoms with Gasteiger partial charge < -0.3 is 9.14 Å². The van der Waals surface area contributed by atoms with Gasteiger partial charge in [-0.2, -0.15) is 0 Å². The van der Waals surface area contributed by atoms with Crippen LogP contribution in [-0.2, 0) is 21.2 Å². The Balaban J connectivity index is 1.46. The van der Waals surface area contributed by atoms with Crippen LogP contribution in [0.15, 0.2) is 42.7 Å². The molecule has 0 atom stereocenters. The number of hydrogen-bond donors (Lipinski definition) is 0. The number of fused-ring (bicyclic) bond motifs is 2. The fourth-order valence-electron chi connectivity index (χ4n) is 3.55. The van der Waals surface area contributed by atoms with Crippen LogP contribution in [-0.4, -0.2) is 49.0 Å². The van der Waals surface area contributed by atoms with Gasteiger partial charge in [0.15, 0.2) is 18.1 Å². The van der Waals surface area contributed by atoms with Gasteiger partial charge in [0.25, 0.3) is 0 Å². The Morgan fingerprint density at radius 1 is 1.20 bits per heavy atom. The number of aromatic nitrogens is 2. The van der Waals surface area contributed by atoms with Crippen molar-refractivity contribution in [2.24, 2.45) is 0 Å². The quantitative estimate of drug-likeness (QED) is 0.458. The highest BCUT2D eigenvalue weighted by molar-refractivity contribution is 7.92. The van der Waals surface area contributed by atoms with Crippen molar-refractivity contribution in [3.05, 3.63) is 65.1 Å². The van der Waals surface area contributed by atoms with Gasteiger partial charge in [0.2, 0.25) is 10.0 Å². The molecule has 0 unspecified atom stereocenters. The molecule has 0 saturated heterocycles. The minimum absolute atomic E-state index is 0.127. The molecular weight excluding hydrogens is 406 g/mol. The lowest BCUT2D eigenvalue weighted by Crippen LogP contribution is -2.34. The molecule has 0 fully saturated rings. The summed E-state index contributed by atoms with van der Waals surface area (Å²) in [5.74, 6) is -1.03. The van der Waals surface area contributed by atoms with Crippen LogP contribution in [0.25, 0.3) is 5.65 Å². The number of ketones is 1. The Bertz CT molecular complexity index is 1260. The number of nitrogens with zero attached hydrogens (tertiary/aromatic N) is 3. The Hall–Kier alpha value is -3.20. The van der Waals surface area contributed by atoms with E-state index < -0.39 is 22.6 Å². The average Bonchev–Trinajstić information content (AvgIpc) is 3.13. The normalized spacial score (nSPS) is 13.9. The summed E-state index contributed by atoms with van der Waals surface area (Å²) in [4.78, 5) is 29.1. The second-order valence-electron chi connectivity index (χ2n) is 7.38. The van der Waals surface area contributed by atoms with E-state index in [2.05, 4.69) is 4.98 Å². The smallest absolute Gasteiger partial charge is 0.359 e. The van der Waals surface area contributed by atoms with Crippen LogP contribution in [0.3, 0.4) is 0 Å². The largest absolute Gasteiger partial charge is 0.453 e.